The zero-order valence-electron chi connectivity index (χ0n) is 8.90. The summed E-state index contributed by atoms with van der Waals surface area (Å²) < 4.78 is 33.7. The zero-order chi connectivity index (χ0) is 12.6. The predicted molar refractivity (Wildman–Crippen MR) is 57.0 cm³/mol. The van der Waals surface area contributed by atoms with Crippen LogP contribution in [0.3, 0.4) is 0 Å². The van der Waals surface area contributed by atoms with Gasteiger partial charge in [-0.15, -0.1) is 3.89 Å². The van der Waals surface area contributed by atoms with E-state index in [4.69, 9.17) is 5.73 Å². The predicted octanol–water partition coefficient (Wildman–Crippen LogP) is 1.11. The van der Waals surface area contributed by atoms with E-state index in [1.165, 1.54) is 12.1 Å². The second-order valence-corrected chi connectivity index (χ2v) is 5.30. The van der Waals surface area contributed by atoms with Gasteiger partial charge < -0.3 is 5.73 Å². The summed E-state index contributed by atoms with van der Waals surface area (Å²) in [6, 6.07) is 4.96. The first kappa shape index (κ1) is 12.6. The average molecular weight is 245 g/mol. The number of hydrogen-bond donors (Lipinski definition) is 1. The molecule has 6 heteroatoms. The van der Waals surface area contributed by atoms with Gasteiger partial charge >= 0.3 is 10.2 Å². The van der Waals surface area contributed by atoms with Crippen molar-refractivity contribution in [1.82, 2.24) is 0 Å². The molecule has 0 aliphatic heterocycles. The van der Waals surface area contributed by atoms with Gasteiger partial charge in [-0.3, -0.25) is 4.79 Å². The van der Waals surface area contributed by atoms with Crippen molar-refractivity contribution >= 4 is 16.1 Å². The molecular weight excluding hydrogens is 233 g/mol. The number of nitrogens with two attached hydrogens (primary N) is 1. The van der Waals surface area contributed by atoms with Gasteiger partial charge in [0, 0.05) is 0 Å². The summed E-state index contributed by atoms with van der Waals surface area (Å²) in [7, 11) is -4.70. The number of hydrogen-bond acceptors (Lipinski definition) is 3. The molecule has 0 saturated carbocycles. The highest BCUT2D eigenvalue weighted by molar-refractivity contribution is 7.86. The first-order valence-electron chi connectivity index (χ1n) is 4.51. The quantitative estimate of drug-likeness (QED) is 0.810. The summed E-state index contributed by atoms with van der Waals surface area (Å²) in [4.78, 5) is 10.7. The van der Waals surface area contributed by atoms with E-state index in [9.17, 15) is 17.1 Å². The summed E-state index contributed by atoms with van der Waals surface area (Å²) in [6.07, 6.45) is 0. The van der Waals surface area contributed by atoms with E-state index in [0.29, 0.717) is 5.56 Å². The lowest BCUT2D eigenvalue weighted by Gasteiger charge is -2.20. The van der Waals surface area contributed by atoms with Crippen LogP contribution in [0.2, 0.25) is 0 Å². The van der Waals surface area contributed by atoms with Crippen molar-refractivity contribution in [3.8, 4) is 0 Å². The van der Waals surface area contributed by atoms with Crippen molar-refractivity contribution < 1.29 is 17.1 Å². The summed E-state index contributed by atoms with van der Waals surface area (Å²) in [6.45, 7) is 3.21. The van der Waals surface area contributed by atoms with Crippen molar-refractivity contribution in [2.24, 2.45) is 5.73 Å². The molecule has 1 aromatic rings. The van der Waals surface area contributed by atoms with Gasteiger partial charge in [0.25, 0.3) is 0 Å². The second-order valence-electron chi connectivity index (χ2n) is 3.95. The topological polar surface area (TPSA) is 77.2 Å². The number of halogens is 1. The van der Waals surface area contributed by atoms with Crippen molar-refractivity contribution in [2.75, 3.05) is 0 Å². The minimum Gasteiger partial charge on any atom is -0.369 e. The van der Waals surface area contributed by atoms with Crippen LogP contribution in [0.15, 0.2) is 29.2 Å². The third kappa shape index (κ3) is 2.38. The van der Waals surface area contributed by atoms with Crippen LogP contribution in [-0.4, -0.2) is 14.3 Å². The Labute approximate surface area is 93.5 Å². The van der Waals surface area contributed by atoms with Crippen LogP contribution in [0.4, 0.5) is 3.89 Å². The SMILES string of the molecule is CC(C)(C(N)=O)c1ccc(S(=O)(=O)F)cc1. The fourth-order valence-electron chi connectivity index (χ4n) is 1.18. The van der Waals surface area contributed by atoms with Gasteiger partial charge in [-0.05, 0) is 31.5 Å². The summed E-state index contributed by atoms with van der Waals surface area (Å²) in [5, 5.41) is 0. The van der Waals surface area contributed by atoms with Crippen LogP contribution in [0.5, 0.6) is 0 Å². The van der Waals surface area contributed by atoms with Gasteiger partial charge in [0.15, 0.2) is 0 Å². The molecule has 0 radical (unpaired) electrons. The summed E-state index contributed by atoms with van der Waals surface area (Å²) in [5.41, 5.74) is 4.81. The molecule has 0 saturated heterocycles. The monoisotopic (exact) mass is 245 g/mol. The first-order valence-corrected chi connectivity index (χ1v) is 5.89. The van der Waals surface area contributed by atoms with Crippen LogP contribution in [-0.2, 0) is 20.4 Å². The van der Waals surface area contributed by atoms with Gasteiger partial charge in [-0.2, -0.15) is 8.42 Å². The van der Waals surface area contributed by atoms with Crippen molar-refractivity contribution in [3.63, 3.8) is 0 Å². The lowest BCUT2D eigenvalue weighted by Crippen LogP contribution is -2.35. The lowest BCUT2D eigenvalue weighted by molar-refractivity contribution is -0.122. The second kappa shape index (κ2) is 3.86. The molecule has 2 N–H and O–H groups in total. The lowest BCUT2D eigenvalue weighted by atomic mass is 9.84. The number of rotatable bonds is 3. The molecule has 0 atom stereocenters. The largest absolute Gasteiger partial charge is 0.369 e. The van der Waals surface area contributed by atoms with Crippen LogP contribution in [0, 0.1) is 0 Å². The maximum Gasteiger partial charge on any atom is 0.332 e. The molecule has 88 valence electrons. The highest BCUT2D eigenvalue weighted by atomic mass is 32.3. The molecule has 1 aromatic carbocycles. The van der Waals surface area contributed by atoms with E-state index in [-0.39, 0.29) is 0 Å². The molecule has 0 unspecified atom stereocenters. The first-order chi connectivity index (χ1) is 7.15. The Kier molecular flexibility index (Phi) is 3.05. The minimum absolute atomic E-state index is 0.434. The van der Waals surface area contributed by atoms with Crippen molar-refractivity contribution in [2.45, 2.75) is 24.2 Å². The molecule has 0 fully saturated rings. The average Bonchev–Trinajstić information content (AvgIpc) is 2.16. The molecular formula is C10H12FNO3S. The van der Waals surface area contributed by atoms with Crippen molar-refractivity contribution in [1.29, 1.82) is 0 Å². The standard InChI is InChI=1S/C10H12FNO3S/c1-10(2,9(12)13)7-3-5-8(6-4-7)16(11,14)15/h3-6H,1-2H3,(H2,12,13). The number of amides is 1. The molecule has 1 amide bonds. The van der Waals surface area contributed by atoms with E-state index in [1.807, 2.05) is 0 Å². The van der Waals surface area contributed by atoms with Gasteiger partial charge in [-0.25, -0.2) is 0 Å². The normalized spacial score (nSPS) is 12.4. The third-order valence-corrected chi connectivity index (χ3v) is 3.31. The molecule has 0 aliphatic rings. The van der Waals surface area contributed by atoms with E-state index in [0.717, 1.165) is 12.1 Å². The number of carbonyl (C=O) groups excluding carboxylic acids is 1. The highest BCUT2D eigenvalue weighted by Gasteiger charge is 2.27. The molecule has 0 bridgehead atoms. The maximum atomic E-state index is 12.6. The van der Waals surface area contributed by atoms with Gasteiger partial charge in [0.05, 0.1) is 10.3 Å². The Morgan fingerprint density at radius 1 is 1.25 bits per heavy atom. The van der Waals surface area contributed by atoms with Gasteiger partial charge in [-0.1, -0.05) is 12.1 Å². The number of benzene rings is 1. The third-order valence-electron chi connectivity index (χ3n) is 2.47. The van der Waals surface area contributed by atoms with E-state index >= 15 is 0 Å². The fraction of sp³-hybridized carbons (Fsp3) is 0.300. The van der Waals surface area contributed by atoms with Crippen LogP contribution < -0.4 is 5.73 Å². The van der Waals surface area contributed by atoms with E-state index in [1.54, 1.807) is 13.8 Å². The molecule has 1 rings (SSSR count). The molecule has 16 heavy (non-hydrogen) atoms. The smallest absolute Gasteiger partial charge is 0.332 e. The Morgan fingerprint density at radius 2 is 1.69 bits per heavy atom. The van der Waals surface area contributed by atoms with E-state index < -0.39 is 26.4 Å². The molecule has 0 heterocycles. The highest BCUT2D eigenvalue weighted by Crippen LogP contribution is 2.24. The Bertz CT molecular complexity index is 505. The van der Waals surface area contributed by atoms with Crippen LogP contribution in [0.25, 0.3) is 0 Å². The Hall–Kier alpha value is -1.43. The summed E-state index contributed by atoms with van der Waals surface area (Å²) in [5.74, 6) is -0.539. The molecule has 0 aromatic heterocycles. The van der Waals surface area contributed by atoms with Gasteiger partial charge in [0.1, 0.15) is 0 Å². The van der Waals surface area contributed by atoms with Crippen LogP contribution in [0.1, 0.15) is 19.4 Å². The minimum atomic E-state index is -4.70. The van der Waals surface area contributed by atoms with Crippen molar-refractivity contribution in [3.05, 3.63) is 29.8 Å². The Balaban J connectivity index is 3.19. The maximum absolute atomic E-state index is 12.6. The van der Waals surface area contributed by atoms with Gasteiger partial charge in [0.2, 0.25) is 5.91 Å². The van der Waals surface area contributed by atoms with Crippen LogP contribution >= 0.6 is 0 Å². The Morgan fingerprint density at radius 3 is 2.00 bits per heavy atom. The molecule has 0 aliphatic carbocycles. The number of carbonyl (C=O) groups is 1. The molecule has 4 nitrogen and oxygen atoms in total. The van der Waals surface area contributed by atoms with E-state index in [2.05, 4.69) is 0 Å². The fourth-order valence-corrected chi connectivity index (χ4v) is 1.64. The number of primary amides is 1. The zero-order valence-corrected chi connectivity index (χ0v) is 9.71. The molecule has 0 spiro atoms. The summed E-state index contributed by atoms with van der Waals surface area (Å²) >= 11 is 0.